The molecule has 11 heteroatoms. The summed E-state index contributed by atoms with van der Waals surface area (Å²) >= 11 is 0. The van der Waals surface area contributed by atoms with Crippen molar-refractivity contribution in [2.45, 2.75) is 19.5 Å². The number of rotatable bonds is 6. The van der Waals surface area contributed by atoms with Gasteiger partial charge in [-0.2, -0.15) is 5.10 Å². The molecular formula is C28H22F2N6O3. The van der Waals surface area contributed by atoms with Crippen molar-refractivity contribution in [2.24, 2.45) is 0 Å². The van der Waals surface area contributed by atoms with Crippen molar-refractivity contribution in [1.29, 1.82) is 0 Å². The number of nitrogens with zero attached hydrogens (tertiary/aromatic N) is 6. The van der Waals surface area contributed by atoms with Gasteiger partial charge in [-0.3, -0.25) is 4.68 Å². The Labute approximate surface area is 221 Å². The monoisotopic (exact) mass is 528 g/mol. The summed E-state index contributed by atoms with van der Waals surface area (Å²) in [6.07, 6.45) is 3.14. The third kappa shape index (κ3) is 4.63. The van der Waals surface area contributed by atoms with Gasteiger partial charge in [0.15, 0.2) is 17.5 Å². The Morgan fingerprint density at radius 2 is 1.95 bits per heavy atom. The molecule has 0 N–H and O–H groups in total. The summed E-state index contributed by atoms with van der Waals surface area (Å²) in [7, 11) is 1.33. The van der Waals surface area contributed by atoms with Crippen LogP contribution in [0.15, 0.2) is 71.6 Å². The lowest BCUT2D eigenvalue weighted by molar-refractivity contribution is 0.0599. The molecule has 0 saturated heterocycles. The SMILES string of the molecule is COC(=O)c1cccc2c1CN(c1nc(-c3cc(-c4ccon4)n(Cc4ccccc4F)n3)ncc1F)CC2. The summed E-state index contributed by atoms with van der Waals surface area (Å²) < 4.78 is 41.0. The molecule has 0 amide bonds. The molecule has 0 radical (unpaired) electrons. The topological polar surface area (TPSA) is 99.2 Å². The second kappa shape index (κ2) is 10.1. The number of aromatic nitrogens is 5. The molecule has 1 aliphatic rings. The highest BCUT2D eigenvalue weighted by Gasteiger charge is 2.26. The number of carbonyl (C=O) groups excluding carboxylic acids is 1. The van der Waals surface area contributed by atoms with E-state index in [1.54, 1.807) is 46.0 Å². The minimum atomic E-state index is -0.597. The van der Waals surface area contributed by atoms with E-state index in [9.17, 15) is 9.18 Å². The van der Waals surface area contributed by atoms with Crippen LogP contribution in [0.2, 0.25) is 0 Å². The van der Waals surface area contributed by atoms with Gasteiger partial charge in [-0.25, -0.2) is 23.5 Å². The normalized spacial score (nSPS) is 12.8. The van der Waals surface area contributed by atoms with E-state index in [0.717, 1.165) is 17.3 Å². The molecule has 0 bridgehead atoms. The van der Waals surface area contributed by atoms with Crippen LogP contribution < -0.4 is 4.90 Å². The number of fused-ring (bicyclic) bond motifs is 1. The fourth-order valence-electron chi connectivity index (χ4n) is 4.75. The number of esters is 1. The summed E-state index contributed by atoms with van der Waals surface area (Å²) in [5.41, 5.74) is 4.08. The Hall–Kier alpha value is -4.93. The first-order valence-corrected chi connectivity index (χ1v) is 12.2. The Kier molecular flexibility index (Phi) is 6.31. The van der Waals surface area contributed by atoms with Gasteiger partial charge < -0.3 is 14.2 Å². The summed E-state index contributed by atoms with van der Waals surface area (Å²) in [5, 5.41) is 8.61. The van der Waals surface area contributed by atoms with Gasteiger partial charge in [-0.1, -0.05) is 35.5 Å². The van der Waals surface area contributed by atoms with Gasteiger partial charge in [0.1, 0.15) is 23.5 Å². The van der Waals surface area contributed by atoms with Crippen LogP contribution in [0.25, 0.3) is 22.9 Å². The zero-order chi connectivity index (χ0) is 26.9. The fourth-order valence-corrected chi connectivity index (χ4v) is 4.75. The van der Waals surface area contributed by atoms with Gasteiger partial charge >= 0.3 is 5.97 Å². The number of anilines is 1. The maximum Gasteiger partial charge on any atom is 0.338 e. The van der Waals surface area contributed by atoms with Crippen LogP contribution >= 0.6 is 0 Å². The number of carbonyl (C=O) groups is 1. The van der Waals surface area contributed by atoms with E-state index in [4.69, 9.17) is 9.26 Å². The first kappa shape index (κ1) is 24.4. The third-order valence-corrected chi connectivity index (χ3v) is 6.69. The lowest BCUT2D eigenvalue weighted by Crippen LogP contribution is -2.33. The van der Waals surface area contributed by atoms with Gasteiger partial charge in [0.25, 0.3) is 0 Å². The maximum absolute atomic E-state index is 15.1. The molecule has 0 fully saturated rings. The Balaban J connectivity index is 1.37. The van der Waals surface area contributed by atoms with Crippen LogP contribution in [0.4, 0.5) is 14.6 Å². The van der Waals surface area contributed by atoms with E-state index < -0.39 is 11.8 Å². The minimum absolute atomic E-state index is 0.0944. The highest BCUT2D eigenvalue weighted by Crippen LogP contribution is 2.30. The average Bonchev–Trinajstić information content (AvgIpc) is 3.64. The molecule has 6 rings (SSSR count). The lowest BCUT2D eigenvalue weighted by Gasteiger charge is -2.31. The van der Waals surface area contributed by atoms with E-state index in [-0.39, 0.29) is 30.5 Å². The van der Waals surface area contributed by atoms with Gasteiger partial charge in [0.2, 0.25) is 0 Å². The number of benzene rings is 2. The van der Waals surface area contributed by atoms with Gasteiger partial charge in [-0.05, 0) is 35.7 Å². The number of methoxy groups -OCH3 is 1. The highest BCUT2D eigenvalue weighted by molar-refractivity contribution is 5.91. The molecule has 0 atom stereocenters. The van der Waals surface area contributed by atoms with Crippen molar-refractivity contribution < 1.29 is 22.8 Å². The summed E-state index contributed by atoms with van der Waals surface area (Å²) in [6, 6.07) is 15.3. The molecule has 0 saturated carbocycles. The molecule has 2 aromatic carbocycles. The van der Waals surface area contributed by atoms with Crippen molar-refractivity contribution in [3.63, 3.8) is 0 Å². The van der Waals surface area contributed by atoms with Gasteiger partial charge in [0, 0.05) is 24.7 Å². The quantitative estimate of drug-likeness (QED) is 0.293. The molecule has 9 nitrogen and oxygen atoms in total. The number of hydrogen-bond donors (Lipinski definition) is 0. The fraction of sp³-hybridized carbons (Fsp3) is 0.179. The van der Waals surface area contributed by atoms with E-state index in [1.807, 2.05) is 12.1 Å². The lowest BCUT2D eigenvalue weighted by atomic mass is 9.95. The molecule has 0 spiro atoms. The molecule has 39 heavy (non-hydrogen) atoms. The summed E-state index contributed by atoms with van der Waals surface area (Å²) in [5.74, 6) is -1.12. The third-order valence-electron chi connectivity index (χ3n) is 6.69. The zero-order valence-electron chi connectivity index (χ0n) is 20.8. The first-order valence-electron chi connectivity index (χ1n) is 12.2. The summed E-state index contributed by atoms with van der Waals surface area (Å²) in [4.78, 5) is 22.8. The van der Waals surface area contributed by atoms with E-state index in [1.165, 1.54) is 19.4 Å². The van der Waals surface area contributed by atoms with Crippen molar-refractivity contribution in [1.82, 2.24) is 24.9 Å². The van der Waals surface area contributed by atoms with E-state index >= 15 is 4.39 Å². The molecule has 0 unspecified atom stereocenters. The number of hydrogen-bond acceptors (Lipinski definition) is 8. The number of ether oxygens (including phenoxy) is 1. The molecule has 196 valence electrons. The largest absolute Gasteiger partial charge is 0.465 e. The maximum atomic E-state index is 15.1. The van der Waals surface area contributed by atoms with Crippen molar-refractivity contribution in [2.75, 3.05) is 18.6 Å². The van der Waals surface area contributed by atoms with Crippen LogP contribution in [-0.2, 0) is 24.2 Å². The zero-order valence-corrected chi connectivity index (χ0v) is 20.8. The predicted octanol–water partition coefficient (Wildman–Crippen LogP) is 4.67. The minimum Gasteiger partial charge on any atom is -0.465 e. The van der Waals surface area contributed by atoms with Crippen molar-refractivity contribution in [3.8, 4) is 22.9 Å². The Morgan fingerprint density at radius 3 is 2.74 bits per heavy atom. The van der Waals surface area contributed by atoms with E-state index in [2.05, 4.69) is 20.2 Å². The molecular weight excluding hydrogens is 506 g/mol. The molecule has 5 aromatic rings. The van der Waals surface area contributed by atoms with E-state index in [0.29, 0.717) is 41.2 Å². The average molecular weight is 529 g/mol. The summed E-state index contributed by atoms with van der Waals surface area (Å²) in [6.45, 7) is 0.902. The molecule has 4 heterocycles. The Bertz CT molecular complexity index is 1670. The smallest absolute Gasteiger partial charge is 0.338 e. The molecule has 0 aliphatic carbocycles. The van der Waals surface area contributed by atoms with Crippen LogP contribution in [-0.4, -0.2) is 44.5 Å². The van der Waals surface area contributed by atoms with Crippen LogP contribution in [0.3, 0.4) is 0 Å². The van der Waals surface area contributed by atoms with Gasteiger partial charge in [0.05, 0.1) is 31.1 Å². The van der Waals surface area contributed by atoms with Crippen molar-refractivity contribution in [3.05, 3.63) is 101 Å². The second-order valence-corrected chi connectivity index (χ2v) is 9.02. The van der Waals surface area contributed by atoms with Crippen LogP contribution in [0, 0.1) is 11.6 Å². The highest BCUT2D eigenvalue weighted by atomic mass is 19.1. The first-order chi connectivity index (χ1) is 19.0. The van der Waals surface area contributed by atoms with Crippen LogP contribution in [0.1, 0.15) is 27.0 Å². The molecule has 3 aromatic heterocycles. The van der Waals surface area contributed by atoms with Crippen molar-refractivity contribution >= 4 is 11.8 Å². The molecule has 1 aliphatic heterocycles. The van der Waals surface area contributed by atoms with Gasteiger partial charge in [-0.15, -0.1) is 0 Å². The van der Waals surface area contributed by atoms with Crippen LogP contribution in [0.5, 0.6) is 0 Å². The standard InChI is InChI=1S/C28H22F2N6O3/c1-38-28(37)19-7-4-6-17-9-11-35(16-20(17)19)27-22(30)14-31-26(32-27)24-13-25(23-10-12-39-34-23)36(33-24)15-18-5-2-3-8-21(18)29/h2-8,10,12-14H,9,11,15-16H2,1H3. The number of halogens is 2. The second-order valence-electron chi connectivity index (χ2n) is 9.02. The Morgan fingerprint density at radius 1 is 1.08 bits per heavy atom. The predicted molar refractivity (Wildman–Crippen MR) is 137 cm³/mol.